The Hall–Kier alpha value is -2.72. The van der Waals surface area contributed by atoms with Crippen molar-refractivity contribution in [3.05, 3.63) is 71.2 Å². The van der Waals surface area contributed by atoms with E-state index < -0.39 is 0 Å². The van der Waals surface area contributed by atoms with Gasteiger partial charge in [0.05, 0.1) is 15.2 Å². The predicted octanol–water partition coefficient (Wildman–Crippen LogP) is 5.03. The number of aryl methyl sites for hydroxylation is 1. The molecular weight excluding hydrogens is 316 g/mol. The number of aromatic nitrogens is 1. The first kappa shape index (κ1) is 14.8. The number of hydrogen-bond donors (Lipinski definition) is 0. The van der Waals surface area contributed by atoms with Crippen molar-refractivity contribution >= 4 is 43.9 Å². The van der Waals surface area contributed by atoms with Gasteiger partial charge in [0.2, 0.25) is 0 Å². The SMILES string of the molecule is Cc1nc2cc(C(=O)N(C)c3ccc4ccccc4c3)ccc2s1. The Balaban J connectivity index is 1.70. The van der Waals surface area contributed by atoms with Crippen LogP contribution < -0.4 is 4.90 Å². The maximum absolute atomic E-state index is 12.8. The fourth-order valence-corrected chi connectivity index (χ4v) is 3.68. The summed E-state index contributed by atoms with van der Waals surface area (Å²) >= 11 is 1.64. The minimum atomic E-state index is -0.0298. The number of anilines is 1. The van der Waals surface area contributed by atoms with Gasteiger partial charge in [0.1, 0.15) is 0 Å². The Morgan fingerprint density at radius 1 is 1.00 bits per heavy atom. The zero-order valence-corrected chi connectivity index (χ0v) is 14.3. The second kappa shape index (κ2) is 5.73. The summed E-state index contributed by atoms with van der Waals surface area (Å²) < 4.78 is 1.11. The lowest BCUT2D eigenvalue weighted by atomic mass is 10.1. The Morgan fingerprint density at radius 2 is 1.79 bits per heavy atom. The molecule has 0 fully saturated rings. The van der Waals surface area contributed by atoms with Crippen LogP contribution in [0.3, 0.4) is 0 Å². The highest BCUT2D eigenvalue weighted by Gasteiger charge is 2.15. The Morgan fingerprint density at radius 3 is 2.62 bits per heavy atom. The van der Waals surface area contributed by atoms with Crippen LogP contribution in [0.2, 0.25) is 0 Å². The number of benzene rings is 3. The van der Waals surface area contributed by atoms with E-state index >= 15 is 0 Å². The first-order valence-corrected chi connectivity index (χ1v) is 8.57. The molecule has 1 amide bonds. The highest BCUT2D eigenvalue weighted by atomic mass is 32.1. The van der Waals surface area contributed by atoms with Gasteiger partial charge in [-0.15, -0.1) is 11.3 Å². The number of amides is 1. The van der Waals surface area contributed by atoms with Crippen LogP contribution in [-0.2, 0) is 0 Å². The van der Waals surface area contributed by atoms with E-state index in [0.29, 0.717) is 5.56 Å². The molecule has 1 heterocycles. The van der Waals surface area contributed by atoms with Crippen molar-refractivity contribution in [2.45, 2.75) is 6.92 Å². The van der Waals surface area contributed by atoms with Gasteiger partial charge < -0.3 is 4.90 Å². The van der Waals surface area contributed by atoms with Crippen molar-refractivity contribution in [3.63, 3.8) is 0 Å². The smallest absolute Gasteiger partial charge is 0.258 e. The molecule has 0 spiro atoms. The summed E-state index contributed by atoms with van der Waals surface area (Å²) in [4.78, 5) is 19.0. The van der Waals surface area contributed by atoms with Gasteiger partial charge in [0.15, 0.2) is 0 Å². The minimum absolute atomic E-state index is 0.0298. The van der Waals surface area contributed by atoms with E-state index in [1.54, 1.807) is 16.2 Å². The van der Waals surface area contributed by atoms with Gasteiger partial charge in [-0.1, -0.05) is 30.3 Å². The molecule has 0 N–H and O–H groups in total. The second-order valence-electron chi connectivity index (χ2n) is 5.81. The molecule has 24 heavy (non-hydrogen) atoms. The highest BCUT2D eigenvalue weighted by Crippen LogP contribution is 2.25. The molecule has 0 saturated heterocycles. The molecule has 0 unspecified atom stereocenters. The van der Waals surface area contributed by atoms with Crippen LogP contribution >= 0.6 is 11.3 Å². The van der Waals surface area contributed by atoms with E-state index in [2.05, 4.69) is 17.1 Å². The van der Waals surface area contributed by atoms with Gasteiger partial charge in [0, 0.05) is 18.3 Å². The van der Waals surface area contributed by atoms with Gasteiger partial charge in [0.25, 0.3) is 5.91 Å². The number of thiazole rings is 1. The Labute approximate surface area is 144 Å². The van der Waals surface area contributed by atoms with Crippen LogP contribution in [0.5, 0.6) is 0 Å². The average Bonchev–Trinajstić information content (AvgIpc) is 2.99. The molecular formula is C20H16N2OS. The topological polar surface area (TPSA) is 33.2 Å². The predicted molar refractivity (Wildman–Crippen MR) is 101 cm³/mol. The fourth-order valence-electron chi connectivity index (χ4n) is 2.87. The molecule has 0 atom stereocenters. The van der Waals surface area contributed by atoms with E-state index in [4.69, 9.17) is 0 Å². The number of rotatable bonds is 2. The summed E-state index contributed by atoms with van der Waals surface area (Å²) in [7, 11) is 1.81. The molecule has 3 nitrogen and oxygen atoms in total. The lowest BCUT2D eigenvalue weighted by Crippen LogP contribution is -2.26. The van der Waals surface area contributed by atoms with E-state index in [9.17, 15) is 4.79 Å². The lowest BCUT2D eigenvalue weighted by molar-refractivity contribution is 0.0993. The van der Waals surface area contributed by atoms with Gasteiger partial charge in [-0.3, -0.25) is 4.79 Å². The quantitative estimate of drug-likeness (QED) is 0.515. The molecule has 3 aromatic carbocycles. The summed E-state index contributed by atoms with van der Waals surface area (Å²) in [5, 5.41) is 3.30. The van der Waals surface area contributed by atoms with E-state index in [1.165, 1.54) is 5.39 Å². The molecule has 0 aliphatic heterocycles. The van der Waals surface area contributed by atoms with Gasteiger partial charge >= 0.3 is 0 Å². The Bertz CT molecular complexity index is 1070. The summed E-state index contributed by atoms with van der Waals surface area (Å²) in [6.07, 6.45) is 0. The first-order chi connectivity index (χ1) is 11.6. The summed E-state index contributed by atoms with van der Waals surface area (Å²) in [6, 6.07) is 19.9. The number of hydrogen-bond acceptors (Lipinski definition) is 3. The Kier molecular flexibility index (Phi) is 3.54. The van der Waals surface area contributed by atoms with Gasteiger partial charge in [-0.2, -0.15) is 0 Å². The zero-order valence-electron chi connectivity index (χ0n) is 13.5. The second-order valence-corrected chi connectivity index (χ2v) is 7.05. The average molecular weight is 332 g/mol. The van der Waals surface area contributed by atoms with Crippen molar-refractivity contribution < 1.29 is 4.79 Å². The minimum Gasteiger partial charge on any atom is -0.311 e. The molecule has 0 bridgehead atoms. The van der Waals surface area contributed by atoms with Crippen molar-refractivity contribution in [2.75, 3.05) is 11.9 Å². The van der Waals surface area contributed by atoms with Crippen molar-refractivity contribution in [1.29, 1.82) is 0 Å². The molecule has 118 valence electrons. The largest absolute Gasteiger partial charge is 0.311 e. The van der Waals surface area contributed by atoms with Crippen molar-refractivity contribution in [3.8, 4) is 0 Å². The molecule has 4 rings (SSSR count). The molecule has 0 aliphatic carbocycles. The molecule has 0 radical (unpaired) electrons. The normalized spacial score (nSPS) is 11.1. The van der Waals surface area contributed by atoms with Crippen LogP contribution in [0.4, 0.5) is 5.69 Å². The maximum atomic E-state index is 12.8. The summed E-state index contributed by atoms with van der Waals surface area (Å²) in [5.74, 6) is -0.0298. The van der Waals surface area contributed by atoms with Crippen LogP contribution in [0, 0.1) is 6.92 Å². The molecule has 0 aliphatic rings. The van der Waals surface area contributed by atoms with Gasteiger partial charge in [-0.25, -0.2) is 4.98 Å². The van der Waals surface area contributed by atoms with E-state index in [1.807, 2.05) is 62.5 Å². The van der Waals surface area contributed by atoms with Crippen molar-refractivity contribution in [1.82, 2.24) is 4.98 Å². The third kappa shape index (κ3) is 2.55. The third-order valence-corrected chi connectivity index (χ3v) is 5.12. The highest BCUT2D eigenvalue weighted by molar-refractivity contribution is 7.18. The number of fused-ring (bicyclic) bond motifs is 2. The standard InChI is InChI=1S/C20H16N2OS/c1-13-21-18-12-16(8-10-19(18)24-13)20(23)22(2)17-9-7-14-5-3-4-6-15(14)11-17/h3-12H,1-2H3. The number of carbonyl (C=O) groups is 1. The van der Waals surface area contributed by atoms with Crippen molar-refractivity contribution in [2.24, 2.45) is 0 Å². The van der Waals surface area contributed by atoms with Crippen LogP contribution in [0.25, 0.3) is 21.0 Å². The molecule has 4 heteroatoms. The van der Waals surface area contributed by atoms with Gasteiger partial charge in [-0.05, 0) is 48.0 Å². The number of nitrogens with zero attached hydrogens (tertiary/aromatic N) is 2. The third-order valence-electron chi connectivity index (χ3n) is 4.17. The zero-order chi connectivity index (χ0) is 16.7. The summed E-state index contributed by atoms with van der Waals surface area (Å²) in [6.45, 7) is 1.98. The monoisotopic (exact) mass is 332 g/mol. The number of carbonyl (C=O) groups excluding carboxylic acids is 1. The molecule has 0 saturated carbocycles. The summed E-state index contributed by atoms with van der Waals surface area (Å²) in [5.41, 5.74) is 2.42. The molecule has 1 aromatic heterocycles. The fraction of sp³-hybridized carbons (Fsp3) is 0.100. The van der Waals surface area contributed by atoms with E-state index in [0.717, 1.165) is 26.3 Å². The van der Waals surface area contributed by atoms with Crippen LogP contribution in [0.15, 0.2) is 60.7 Å². The van der Waals surface area contributed by atoms with E-state index in [-0.39, 0.29) is 5.91 Å². The van der Waals surface area contributed by atoms with Crippen LogP contribution in [-0.4, -0.2) is 17.9 Å². The maximum Gasteiger partial charge on any atom is 0.258 e. The molecule has 4 aromatic rings. The lowest BCUT2D eigenvalue weighted by Gasteiger charge is -2.18. The van der Waals surface area contributed by atoms with Crippen LogP contribution in [0.1, 0.15) is 15.4 Å². The first-order valence-electron chi connectivity index (χ1n) is 7.76.